The largest absolute Gasteiger partial charge is 0.475 e. The second-order valence-corrected chi connectivity index (χ2v) is 5.76. The molecule has 0 bridgehead atoms. The summed E-state index contributed by atoms with van der Waals surface area (Å²) in [5, 5.41) is 11.3. The van der Waals surface area contributed by atoms with Gasteiger partial charge in [0.05, 0.1) is 10.6 Å². The van der Waals surface area contributed by atoms with Crippen LogP contribution in [0.1, 0.15) is 16.2 Å². The van der Waals surface area contributed by atoms with Crippen LogP contribution < -0.4 is 0 Å². The van der Waals surface area contributed by atoms with Crippen LogP contribution in [0, 0.1) is 0 Å². The number of furan rings is 1. The van der Waals surface area contributed by atoms with Crippen molar-refractivity contribution in [3.8, 4) is 10.8 Å². The number of aromatic nitrogens is 1. The number of carbonyl (C=O) groups is 1. The molecule has 3 aromatic heterocycles. The molecule has 0 saturated carbocycles. The van der Waals surface area contributed by atoms with Crippen LogP contribution in [-0.2, 0) is 5.75 Å². The first-order valence-corrected chi connectivity index (χ1v) is 7.53. The van der Waals surface area contributed by atoms with Crippen LogP contribution in [-0.4, -0.2) is 16.1 Å². The Balaban J connectivity index is 1.65. The Hall–Kier alpha value is -1.99. The second-order valence-electron chi connectivity index (χ2n) is 3.83. The summed E-state index contributed by atoms with van der Waals surface area (Å²) in [5.74, 6) is 0.0213. The number of carboxylic acid groups (broad SMARTS) is 1. The van der Waals surface area contributed by atoms with Crippen LogP contribution >= 0.6 is 23.1 Å². The maximum Gasteiger partial charge on any atom is 0.371 e. The minimum absolute atomic E-state index is 0.0630. The number of thiophene rings is 1. The molecule has 0 amide bonds. The zero-order valence-corrected chi connectivity index (χ0v) is 11.7. The molecule has 0 spiro atoms. The summed E-state index contributed by atoms with van der Waals surface area (Å²) in [6, 6.07) is 6.95. The van der Waals surface area contributed by atoms with E-state index in [2.05, 4.69) is 4.98 Å². The molecule has 3 rings (SSSR count). The molecule has 7 heteroatoms. The van der Waals surface area contributed by atoms with Gasteiger partial charge >= 0.3 is 5.97 Å². The second kappa shape index (κ2) is 5.56. The fourth-order valence-corrected chi connectivity index (χ4v) is 2.94. The zero-order chi connectivity index (χ0) is 13.9. The first-order valence-electron chi connectivity index (χ1n) is 5.66. The monoisotopic (exact) mass is 307 g/mol. The molecule has 3 aromatic rings. The molecule has 102 valence electrons. The highest BCUT2D eigenvalue weighted by Crippen LogP contribution is 2.28. The average Bonchev–Trinajstić information content (AvgIpc) is 3.17. The minimum Gasteiger partial charge on any atom is -0.475 e. The molecule has 0 aliphatic rings. The highest BCUT2D eigenvalue weighted by molar-refractivity contribution is 7.98. The number of aromatic carboxylic acids is 1. The Morgan fingerprint density at radius 1 is 1.40 bits per heavy atom. The topological polar surface area (TPSA) is 76.5 Å². The lowest BCUT2D eigenvalue weighted by molar-refractivity contribution is 0.0656. The third kappa shape index (κ3) is 2.78. The van der Waals surface area contributed by atoms with E-state index in [1.54, 1.807) is 23.7 Å². The smallest absolute Gasteiger partial charge is 0.371 e. The molecule has 0 aliphatic carbocycles. The fraction of sp³-hybridized carbons (Fsp3) is 0.0769. The van der Waals surface area contributed by atoms with Gasteiger partial charge in [-0.15, -0.1) is 11.3 Å². The lowest BCUT2D eigenvalue weighted by atomic mass is 10.5. The van der Waals surface area contributed by atoms with Gasteiger partial charge in [0.15, 0.2) is 5.09 Å². The molecule has 3 heterocycles. The molecule has 20 heavy (non-hydrogen) atoms. The van der Waals surface area contributed by atoms with Gasteiger partial charge in [-0.1, -0.05) is 17.8 Å². The number of rotatable bonds is 5. The van der Waals surface area contributed by atoms with E-state index in [1.165, 1.54) is 17.8 Å². The van der Waals surface area contributed by atoms with E-state index in [-0.39, 0.29) is 5.76 Å². The molecular weight excluding hydrogens is 298 g/mol. The van der Waals surface area contributed by atoms with Crippen molar-refractivity contribution in [1.29, 1.82) is 0 Å². The van der Waals surface area contributed by atoms with Gasteiger partial charge in [0.2, 0.25) is 11.7 Å². The molecule has 0 atom stereocenters. The molecule has 0 saturated heterocycles. The number of nitrogens with zero attached hydrogens (tertiary/aromatic N) is 1. The molecular formula is C13H9NO4S2. The van der Waals surface area contributed by atoms with E-state index >= 15 is 0 Å². The van der Waals surface area contributed by atoms with Crippen molar-refractivity contribution < 1.29 is 18.7 Å². The molecule has 5 nitrogen and oxygen atoms in total. The first kappa shape index (κ1) is 13.0. The number of hydrogen-bond acceptors (Lipinski definition) is 6. The normalized spacial score (nSPS) is 10.8. The van der Waals surface area contributed by atoms with Gasteiger partial charge in [-0.05, 0) is 23.6 Å². The maximum absolute atomic E-state index is 10.7. The summed E-state index contributed by atoms with van der Waals surface area (Å²) in [6.45, 7) is 0. The van der Waals surface area contributed by atoms with Crippen LogP contribution in [0.15, 0.2) is 49.8 Å². The lowest BCUT2D eigenvalue weighted by Crippen LogP contribution is -1.91. The van der Waals surface area contributed by atoms with Crippen molar-refractivity contribution in [2.75, 3.05) is 0 Å². The van der Waals surface area contributed by atoms with Gasteiger partial charge < -0.3 is 13.9 Å². The Kier molecular flexibility index (Phi) is 3.62. The van der Waals surface area contributed by atoms with Crippen molar-refractivity contribution >= 4 is 29.1 Å². The van der Waals surface area contributed by atoms with Gasteiger partial charge in [-0.2, -0.15) is 0 Å². The van der Waals surface area contributed by atoms with E-state index in [0.29, 0.717) is 16.7 Å². The Labute approximate surface area is 122 Å². The van der Waals surface area contributed by atoms with Gasteiger partial charge in [-0.3, -0.25) is 0 Å². The summed E-state index contributed by atoms with van der Waals surface area (Å²) < 4.78 is 10.6. The summed E-state index contributed by atoms with van der Waals surface area (Å²) in [7, 11) is 0. The van der Waals surface area contributed by atoms with Crippen LogP contribution in [0.2, 0.25) is 0 Å². The van der Waals surface area contributed by atoms with Gasteiger partial charge in [0.25, 0.3) is 0 Å². The Morgan fingerprint density at radius 3 is 3.00 bits per heavy atom. The quantitative estimate of drug-likeness (QED) is 0.718. The summed E-state index contributed by atoms with van der Waals surface area (Å²) in [4.78, 5) is 16.0. The standard InChI is InChI=1S/C13H9NO4S2/c15-13(16)9-3-4-11(18-9)20-7-8-6-17-12(14-8)10-2-1-5-19-10/h1-6H,7H2,(H,15,16). The van der Waals surface area contributed by atoms with Crippen LogP contribution in [0.25, 0.3) is 10.8 Å². The summed E-state index contributed by atoms with van der Waals surface area (Å²) >= 11 is 2.94. The van der Waals surface area contributed by atoms with E-state index in [4.69, 9.17) is 13.9 Å². The Bertz CT molecular complexity index is 714. The minimum atomic E-state index is -1.07. The van der Waals surface area contributed by atoms with E-state index in [1.807, 2.05) is 17.5 Å². The maximum atomic E-state index is 10.7. The van der Waals surface area contributed by atoms with Crippen molar-refractivity contribution in [1.82, 2.24) is 4.98 Å². The van der Waals surface area contributed by atoms with Crippen molar-refractivity contribution in [3.63, 3.8) is 0 Å². The molecule has 0 aliphatic heterocycles. The predicted molar refractivity (Wildman–Crippen MR) is 75.0 cm³/mol. The average molecular weight is 307 g/mol. The van der Waals surface area contributed by atoms with Crippen LogP contribution in [0.3, 0.4) is 0 Å². The van der Waals surface area contributed by atoms with E-state index < -0.39 is 5.97 Å². The molecule has 0 fully saturated rings. The summed E-state index contributed by atoms with van der Waals surface area (Å²) in [6.07, 6.45) is 1.60. The van der Waals surface area contributed by atoms with Crippen LogP contribution in [0.4, 0.5) is 0 Å². The fourth-order valence-electron chi connectivity index (χ4n) is 1.54. The van der Waals surface area contributed by atoms with Gasteiger partial charge in [0, 0.05) is 5.75 Å². The highest BCUT2D eigenvalue weighted by Gasteiger charge is 2.11. The molecule has 0 radical (unpaired) electrons. The highest BCUT2D eigenvalue weighted by atomic mass is 32.2. The van der Waals surface area contributed by atoms with Gasteiger partial charge in [0.1, 0.15) is 6.26 Å². The van der Waals surface area contributed by atoms with E-state index in [9.17, 15) is 4.79 Å². The van der Waals surface area contributed by atoms with Crippen molar-refractivity contribution in [3.05, 3.63) is 47.4 Å². The van der Waals surface area contributed by atoms with Crippen LogP contribution in [0.5, 0.6) is 0 Å². The first-order chi connectivity index (χ1) is 9.72. The SMILES string of the molecule is O=C(O)c1ccc(SCc2coc(-c3cccs3)n2)o1. The molecule has 1 N–H and O–H groups in total. The predicted octanol–water partition coefficient (Wildman–Crippen LogP) is 3.99. The lowest BCUT2D eigenvalue weighted by Gasteiger charge is -1.93. The number of hydrogen-bond donors (Lipinski definition) is 1. The third-order valence-corrected chi connectivity index (χ3v) is 4.24. The number of carboxylic acids is 1. The third-order valence-electron chi connectivity index (χ3n) is 2.44. The van der Waals surface area contributed by atoms with Crippen molar-refractivity contribution in [2.24, 2.45) is 0 Å². The number of oxazole rings is 1. The number of thioether (sulfide) groups is 1. The molecule has 0 aromatic carbocycles. The van der Waals surface area contributed by atoms with E-state index in [0.717, 1.165) is 10.6 Å². The Morgan fingerprint density at radius 2 is 2.30 bits per heavy atom. The molecule has 0 unspecified atom stereocenters. The zero-order valence-electron chi connectivity index (χ0n) is 10.1. The summed E-state index contributed by atoms with van der Waals surface area (Å²) in [5.41, 5.74) is 0.784. The van der Waals surface area contributed by atoms with Crippen molar-refractivity contribution in [2.45, 2.75) is 10.8 Å². The van der Waals surface area contributed by atoms with Gasteiger partial charge in [-0.25, -0.2) is 9.78 Å².